The highest BCUT2D eigenvalue weighted by atomic mass is 19.2. The molecule has 1 spiro atoms. The smallest absolute Gasteiger partial charge is 0.257 e. The zero-order chi connectivity index (χ0) is 19.0. The first-order valence-electron chi connectivity index (χ1n) is 9.46. The van der Waals surface area contributed by atoms with Crippen molar-refractivity contribution in [3.63, 3.8) is 0 Å². The number of aryl methyl sites for hydroxylation is 1. The van der Waals surface area contributed by atoms with E-state index < -0.39 is 11.6 Å². The van der Waals surface area contributed by atoms with E-state index in [4.69, 9.17) is 4.42 Å². The molecule has 1 aromatic heterocycles. The largest absolute Gasteiger partial charge is 0.469 e. The van der Waals surface area contributed by atoms with Crippen LogP contribution in [0.25, 0.3) is 0 Å². The molecule has 0 aliphatic carbocycles. The lowest BCUT2D eigenvalue weighted by Crippen LogP contribution is -2.45. The minimum Gasteiger partial charge on any atom is -0.469 e. The van der Waals surface area contributed by atoms with E-state index >= 15 is 0 Å². The lowest BCUT2D eigenvalue weighted by molar-refractivity contribution is 0.0671. The summed E-state index contributed by atoms with van der Waals surface area (Å²) in [7, 11) is 0. The number of likely N-dealkylation sites (tertiary alicyclic amines) is 2. The van der Waals surface area contributed by atoms with Crippen LogP contribution in [0, 0.1) is 24.0 Å². The van der Waals surface area contributed by atoms with Gasteiger partial charge >= 0.3 is 0 Å². The number of rotatable bonds is 3. The van der Waals surface area contributed by atoms with E-state index in [9.17, 15) is 13.6 Å². The minimum atomic E-state index is -0.799. The number of piperidine rings is 1. The third kappa shape index (κ3) is 3.50. The Morgan fingerprint density at radius 2 is 2.04 bits per heavy atom. The van der Waals surface area contributed by atoms with E-state index in [-0.39, 0.29) is 11.3 Å². The number of carbonyl (C=O) groups excluding carboxylic acids is 1. The zero-order valence-corrected chi connectivity index (χ0v) is 15.5. The summed E-state index contributed by atoms with van der Waals surface area (Å²) < 4.78 is 32.8. The van der Waals surface area contributed by atoms with Crippen LogP contribution in [0.4, 0.5) is 8.78 Å². The molecule has 0 bridgehead atoms. The van der Waals surface area contributed by atoms with Crippen molar-refractivity contribution in [1.82, 2.24) is 9.80 Å². The SMILES string of the molecule is Cc1occc1C(=O)N1CC[C@]2(CCCN(Cc3cccc(F)c3F)C2)C1. The molecule has 0 N–H and O–H groups in total. The third-order valence-corrected chi connectivity index (χ3v) is 5.98. The van der Waals surface area contributed by atoms with Gasteiger partial charge in [-0.2, -0.15) is 0 Å². The van der Waals surface area contributed by atoms with Gasteiger partial charge in [0.05, 0.1) is 11.8 Å². The molecular weight excluding hydrogens is 350 g/mol. The second-order valence-corrected chi connectivity index (χ2v) is 7.89. The van der Waals surface area contributed by atoms with Gasteiger partial charge in [-0.25, -0.2) is 8.78 Å². The van der Waals surface area contributed by atoms with E-state index in [0.29, 0.717) is 30.0 Å². The van der Waals surface area contributed by atoms with Gasteiger partial charge in [-0.3, -0.25) is 9.69 Å². The first kappa shape index (κ1) is 18.2. The minimum absolute atomic E-state index is 0.0198. The van der Waals surface area contributed by atoms with Crippen LogP contribution >= 0.6 is 0 Å². The van der Waals surface area contributed by atoms with Gasteiger partial charge in [0.15, 0.2) is 11.6 Å². The molecule has 4 rings (SSSR count). The fourth-order valence-corrected chi connectivity index (χ4v) is 4.58. The summed E-state index contributed by atoms with van der Waals surface area (Å²) in [6.45, 7) is 5.31. The molecule has 6 heteroatoms. The van der Waals surface area contributed by atoms with E-state index in [0.717, 1.165) is 45.0 Å². The van der Waals surface area contributed by atoms with Gasteiger partial charge in [-0.05, 0) is 44.9 Å². The number of carbonyl (C=O) groups is 1. The van der Waals surface area contributed by atoms with Crippen molar-refractivity contribution in [2.75, 3.05) is 26.2 Å². The average Bonchev–Trinajstić information content (AvgIpc) is 3.25. The van der Waals surface area contributed by atoms with Crippen molar-refractivity contribution in [2.24, 2.45) is 5.41 Å². The van der Waals surface area contributed by atoms with Crippen LogP contribution in [0.2, 0.25) is 0 Å². The molecule has 2 aromatic rings. The van der Waals surface area contributed by atoms with Crippen molar-refractivity contribution in [3.8, 4) is 0 Å². The average molecular weight is 374 g/mol. The topological polar surface area (TPSA) is 36.7 Å². The molecule has 27 heavy (non-hydrogen) atoms. The lowest BCUT2D eigenvalue weighted by atomic mass is 9.79. The van der Waals surface area contributed by atoms with Crippen molar-refractivity contribution in [2.45, 2.75) is 32.7 Å². The normalized spacial score (nSPS) is 23.3. The Bertz CT molecular complexity index is 850. The highest BCUT2D eigenvalue weighted by Crippen LogP contribution is 2.40. The van der Waals surface area contributed by atoms with Crippen LogP contribution in [0.1, 0.15) is 40.9 Å². The van der Waals surface area contributed by atoms with Crippen molar-refractivity contribution < 1.29 is 18.0 Å². The molecule has 144 valence electrons. The predicted octanol–water partition coefficient (Wildman–Crippen LogP) is 3.99. The number of hydrogen-bond acceptors (Lipinski definition) is 3. The van der Waals surface area contributed by atoms with Crippen LogP contribution < -0.4 is 0 Å². The number of halogens is 2. The Kier molecular flexibility index (Phi) is 4.76. The van der Waals surface area contributed by atoms with Crippen LogP contribution in [0.5, 0.6) is 0 Å². The predicted molar refractivity (Wildman–Crippen MR) is 97.3 cm³/mol. The molecule has 0 radical (unpaired) electrons. The summed E-state index contributed by atoms with van der Waals surface area (Å²) in [6, 6.07) is 6.07. The second kappa shape index (κ2) is 7.08. The lowest BCUT2D eigenvalue weighted by Gasteiger charge is -2.40. The maximum Gasteiger partial charge on any atom is 0.257 e. The van der Waals surface area contributed by atoms with Gasteiger partial charge in [0.2, 0.25) is 0 Å². The summed E-state index contributed by atoms with van der Waals surface area (Å²) in [5.74, 6) is -0.887. The summed E-state index contributed by atoms with van der Waals surface area (Å²) in [4.78, 5) is 16.9. The summed E-state index contributed by atoms with van der Waals surface area (Å²) in [5, 5.41) is 0. The van der Waals surface area contributed by atoms with Gasteiger partial charge in [0.1, 0.15) is 5.76 Å². The molecular formula is C21H24F2N2O2. The van der Waals surface area contributed by atoms with Gasteiger partial charge in [-0.1, -0.05) is 12.1 Å². The van der Waals surface area contributed by atoms with Gasteiger partial charge in [-0.15, -0.1) is 0 Å². The Labute approximate surface area is 157 Å². The van der Waals surface area contributed by atoms with Crippen LogP contribution in [-0.4, -0.2) is 41.9 Å². The first-order valence-corrected chi connectivity index (χ1v) is 9.46. The van der Waals surface area contributed by atoms with E-state index in [1.165, 1.54) is 0 Å². The Balaban J connectivity index is 1.44. The second-order valence-electron chi connectivity index (χ2n) is 7.89. The fraction of sp³-hybridized carbons (Fsp3) is 0.476. The van der Waals surface area contributed by atoms with Crippen molar-refractivity contribution in [3.05, 3.63) is 59.1 Å². The van der Waals surface area contributed by atoms with E-state index in [2.05, 4.69) is 4.90 Å². The highest BCUT2D eigenvalue weighted by Gasteiger charge is 2.43. The number of nitrogens with zero attached hydrogens (tertiary/aromatic N) is 2. The molecule has 2 saturated heterocycles. The standard InChI is InChI=1S/C21H24F2N2O2/c1-15-17(6-11-27-15)20(26)25-10-8-21(14-25)7-3-9-24(13-21)12-16-4-2-5-18(22)19(16)23/h2,4-6,11H,3,7-10,12-14H2,1H3/t21-/m0/s1. The Hall–Kier alpha value is -2.21. The van der Waals surface area contributed by atoms with Gasteiger partial charge < -0.3 is 9.32 Å². The molecule has 1 aromatic carbocycles. The molecule has 2 aliphatic heterocycles. The first-order chi connectivity index (χ1) is 13.0. The monoisotopic (exact) mass is 374 g/mol. The Morgan fingerprint density at radius 1 is 1.19 bits per heavy atom. The summed E-state index contributed by atoms with van der Waals surface area (Å²) in [5.41, 5.74) is 1.06. The summed E-state index contributed by atoms with van der Waals surface area (Å²) in [6.07, 6.45) is 4.55. The molecule has 2 fully saturated rings. The van der Waals surface area contributed by atoms with Crippen LogP contribution in [-0.2, 0) is 6.54 Å². The molecule has 0 saturated carbocycles. The number of benzene rings is 1. The molecule has 0 unspecified atom stereocenters. The fourth-order valence-electron chi connectivity index (χ4n) is 4.58. The molecule has 1 atom stereocenters. The molecule has 1 amide bonds. The van der Waals surface area contributed by atoms with Gasteiger partial charge in [0.25, 0.3) is 5.91 Å². The molecule has 2 aliphatic rings. The van der Waals surface area contributed by atoms with Crippen LogP contribution in [0.15, 0.2) is 34.9 Å². The van der Waals surface area contributed by atoms with E-state index in [1.807, 2.05) is 4.90 Å². The number of furan rings is 1. The van der Waals surface area contributed by atoms with Gasteiger partial charge in [0, 0.05) is 37.2 Å². The Morgan fingerprint density at radius 3 is 2.81 bits per heavy atom. The van der Waals surface area contributed by atoms with Crippen LogP contribution in [0.3, 0.4) is 0 Å². The molecule has 3 heterocycles. The maximum absolute atomic E-state index is 14.0. The number of hydrogen-bond donors (Lipinski definition) is 0. The third-order valence-electron chi connectivity index (χ3n) is 5.98. The van der Waals surface area contributed by atoms with Crippen molar-refractivity contribution >= 4 is 5.91 Å². The molecule has 4 nitrogen and oxygen atoms in total. The maximum atomic E-state index is 14.0. The highest BCUT2D eigenvalue weighted by molar-refractivity contribution is 5.95. The quantitative estimate of drug-likeness (QED) is 0.815. The van der Waals surface area contributed by atoms with Crippen molar-refractivity contribution in [1.29, 1.82) is 0 Å². The summed E-state index contributed by atoms with van der Waals surface area (Å²) >= 11 is 0. The zero-order valence-electron chi connectivity index (χ0n) is 15.5. The number of amides is 1. The van der Waals surface area contributed by atoms with E-state index in [1.54, 1.807) is 31.4 Å².